The van der Waals surface area contributed by atoms with Gasteiger partial charge in [0.1, 0.15) is 0 Å². The SMILES string of the molecule is CCOC(=O)C1CCCN(Cc2ccc(C)cc2Cl)C1. The molecule has 0 saturated carbocycles. The topological polar surface area (TPSA) is 29.5 Å². The van der Waals surface area contributed by atoms with E-state index in [4.69, 9.17) is 16.3 Å². The maximum Gasteiger partial charge on any atom is 0.310 e. The number of hydrogen-bond donors (Lipinski definition) is 0. The number of likely N-dealkylation sites (tertiary alicyclic amines) is 1. The number of benzene rings is 1. The molecule has 1 fully saturated rings. The molecule has 3 nitrogen and oxygen atoms in total. The molecule has 0 spiro atoms. The molecule has 0 N–H and O–H groups in total. The van der Waals surface area contributed by atoms with Crippen molar-refractivity contribution >= 4 is 17.6 Å². The predicted molar refractivity (Wildman–Crippen MR) is 80.8 cm³/mol. The van der Waals surface area contributed by atoms with Gasteiger partial charge in [-0.1, -0.05) is 23.7 Å². The number of ether oxygens (including phenoxy) is 1. The average Bonchev–Trinajstić information content (AvgIpc) is 2.43. The van der Waals surface area contributed by atoms with Gasteiger partial charge in [0.05, 0.1) is 12.5 Å². The van der Waals surface area contributed by atoms with Crippen molar-refractivity contribution in [2.45, 2.75) is 33.2 Å². The lowest BCUT2D eigenvalue weighted by Gasteiger charge is -2.31. The Balaban J connectivity index is 1.97. The smallest absolute Gasteiger partial charge is 0.310 e. The van der Waals surface area contributed by atoms with Crippen LogP contribution in [0.15, 0.2) is 18.2 Å². The second kappa shape index (κ2) is 7.09. The van der Waals surface area contributed by atoms with E-state index >= 15 is 0 Å². The van der Waals surface area contributed by atoms with E-state index < -0.39 is 0 Å². The molecule has 1 aliphatic rings. The summed E-state index contributed by atoms with van der Waals surface area (Å²) < 4.78 is 5.13. The van der Waals surface area contributed by atoms with Crippen molar-refractivity contribution in [2.24, 2.45) is 5.92 Å². The highest BCUT2D eigenvalue weighted by Gasteiger charge is 2.26. The van der Waals surface area contributed by atoms with E-state index in [9.17, 15) is 4.79 Å². The second-order valence-corrected chi connectivity index (χ2v) is 5.83. The molecular formula is C16H22ClNO2. The summed E-state index contributed by atoms with van der Waals surface area (Å²) in [6.45, 7) is 6.93. The molecule has 1 aromatic carbocycles. The van der Waals surface area contributed by atoms with Crippen molar-refractivity contribution in [2.75, 3.05) is 19.7 Å². The van der Waals surface area contributed by atoms with Gasteiger partial charge in [0, 0.05) is 18.1 Å². The molecule has 0 aromatic heterocycles. The lowest BCUT2D eigenvalue weighted by atomic mass is 9.97. The third kappa shape index (κ3) is 3.97. The van der Waals surface area contributed by atoms with Gasteiger partial charge in [0.2, 0.25) is 0 Å². The van der Waals surface area contributed by atoms with Gasteiger partial charge in [-0.05, 0) is 50.4 Å². The molecule has 1 atom stereocenters. The fourth-order valence-electron chi connectivity index (χ4n) is 2.67. The predicted octanol–water partition coefficient (Wildman–Crippen LogP) is 3.42. The van der Waals surface area contributed by atoms with Gasteiger partial charge in [0.25, 0.3) is 0 Å². The van der Waals surface area contributed by atoms with Gasteiger partial charge < -0.3 is 4.74 Å². The van der Waals surface area contributed by atoms with E-state index in [2.05, 4.69) is 17.0 Å². The van der Waals surface area contributed by atoms with Gasteiger partial charge in [-0.15, -0.1) is 0 Å². The van der Waals surface area contributed by atoms with Crippen molar-refractivity contribution < 1.29 is 9.53 Å². The van der Waals surface area contributed by atoms with Crippen LogP contribution in [0.5, 0.6) is 0 Å². The molecule has 1 saturated heterocycles. The molecule has 1 aromatic rings. The van der Waals surface area contributed by atoms with E-state index in [1.54, 1.807) is 0 Å². The highest BCUT2D eigenvalue weighted by molar-refractivity contribution is 6.31. The number of rotatable bonds is 4. The van der Waals surface area contributed by atoms with Crippen LogP contribution in [0.4, 0.5) is 0 Å². The Labute approximate surface area is 125 Å². The third-order valence-electron chi connectivity index (χ3n) is 3.73. The average molecular weight is 296 g/mol. The maximum atomic E-state index is 11.8. The molecule has 0 bridgehead atoms. The first-order chi connectivity index (χ1) is 9.60. The number of piperidine rings is 1. The minimum Gasteiger partial charge on any atom is -0.466 e. The van der Waals surface area contributed by atoms with Gasteiger partial charge >= 0.3 is 5.97 Å². The molecule has 0 radical (unpaired) electrons. The summed E-state index contributed by atoms with van der Waals surface area (Å²) in [7, 11) is 0. The van der Waals surface area contributed by atoms with E-state index in [1.807, 2.05) is 19.9 Å². The van der Waals surface area contributed by atoms with Gasteiger partial charge in [-0.3, -0.25) is 9.69 Å². The zero-order valence-electron chi connectivity index (χ0n) is 12.2. The van der Waals surface area contributed by atoms with Crippen LogP contribution in [0.3, 0.4) is 0 Å². The van der Waals surface area contributed by atoms with Crippen LogP contribution >= 0.6 is 11.6 Å². The number of aryl methyl sites for hydroxylation is 1. The second-order valence-electron chi connectivity index (χ2n) is 5.42. The number of hydrogen-bond acceptors (Lipinski definition) is 3. The summed E-state index contributed by atoms with van der Waals surface area (Å²) in [5, 5.41) is 0.809. The zero-order chi connectivity index (χ0) is 14.5. The number of carbonyl (C=O) groups is 1. The largest absolute Gasteiger partial charge is 0.466 e. The summed E-state index contributed by atoms with van der Waals surface area (Å²) in [5.41, 5.74) is 2.29. The fourth-order valence-corrected chi connectivity index (χ4v) is 2.97. The Kier molecular flexibility index (Phi) is 5.44. The zero-order valence-corrected chi connectivity index (χ0v) is 12.9. The summed E-state index contributed by atoms with van der Waals surface area (Å²) in [6.07, 6.45) is 1.96. The monoisotopic (exact) mass is 295 g/mol. The minimum absolute atomic E-state index is 0.00734. The highest BCUT2D eigenvalue weighted by atomic mass is 35.5. The molecule has 0 amide bonds. The number of carbonyl (C=O) groups excluding carboxylic acids is 1. The molecule has 1 unspecified atom stereocenters. The van der Waals surface area contributed by atoms with Crippen molar-refractivity contribution in [1.29, 1.82) is 0 Å². The van der Waals surface area contributed by atoms with E-state index in [1.165, 1.54) is 5.56 Å². The van der Waals surface area contributed by atoms with E-state index in [0.717, 1.165) is 43.1 Å². The Morgan fingerprint density at radius 1 is 1.50 bits per heavy atom. The van der Waals surface area contributed by atoms with Crippen LogP contribution in [0, 0.1) is 12.8 Å². The van der Waals surface area contributed by atoms with Crippen LogP contribution < -0.4 is 0 Å². The van der Waals surface area contributed by atoms with Gasteiger partial charge in [0.15, 0.2) is 0 Å². The maximum absolute atomic E-state index is 11.8. The fraction of sp³-hybridized carbons (Fsp3) is 0.562. The lowest BCUT2D eigenvalue weighted by Crippen LogP contribution is -2.39. The molecule has 110 valence electrons. The van der Waals surface area contributed by atoms with Crippen LogP contribution in [-0.2, 0) is 16.1 Å². The molecule has 1 aliphatic heterocycles. The lowest BCUT2D eigenvalue weighted by molar-refractivity contribution is -0.150. The number of halogens is 1. The summed E-state index contributed by atoms with van der Waals surface area (Å²) in [6, 6.07) is 6.14. The van der Waals surface area contributed by atoms with Crippen molar-refractivity contribution in [1.82, 2.24) is 4.90 Å². The Hall–Kier alpha value is -1.06. The Morgan fingerprint density at radius 3 is 3.00 bits per heavy atom. The normalized spacial score (nSPS) is 19.9. The summed E-state index contributed by atoms with van der Waals surface area (Å²) in [4.78, 5) is 14.1. The van der Waals surface area contributed by atoms with E-state index in [-0.39, 0.29) is 11.9 Å². The van der Waals surface area contributed by atoms with Crippen molar-refractivity contribution in [3.05, 3.63) is 34.3 Å². The van der Waals surface area contributed by atoms with Crippen molar-refractivity contribution in [3.63, 3.8) is 0 Å². The first-order valence-corrected chi connectivity index (χ1v) is 7.62. The first kappa shape index (κ1) is 15.3. The summed E-state index contributed by atoms with van der Waals surface area (Å²) in [5.74, 6) is -0.0554. The molecule has 1 heterocycles. The van der Waals surface area contributed by atoms with Crippen LogP contribution in [0.2, 0.25) is 5.02 Å². The minimum atomic E-state index is -0.0628. The van der Waals surface area contributed by atoms with Crippen LogP contribution in [0.25, 0.3) is 0 Å². The quantitative estimate of drug-likeness (QED) is 0.797. The first-order valence-electron chi connectivity index (χ1n) is 7.24. The molecule has 4 heteroatoms. The highest BCUT2D eigenvalue weighted by Crippen LogP contribution is 2.23. The number of esters is 1. The number of nitrogens with zero attached hydrogens (tertiary/aromatic N) is 1. The van der Waals surface area contributed by atoms with E-state index in [0.29, 0.717) is 6.61 Å². The Morgan fingerprint density at radius 2 is 2.30 bits per heavy atom. The molecular weight excluding hydrogens is 274 g/mol. The van der Waals surface area contributed by atoms with Crippen LogP contribution in [-0.4, -0.2) is 30.6 Å². The van der Waals surface area contributed by atoms with Gasteiger partial charge in [-0.2, -0.15) is 0 Å². The Bertz CT molecular complexity index is 476. The molecule has 0 aliphatic carbocycles. The molecule has 2 rings (SSSR count). The van der Waals surface area contributed by atoms with Gasteiger partial charge in [-0.25, -0.2) is 0 Å². The standard InChI is InChI=1S/C16H22ClNO2/c1-3-20-16(19)14-5-4-8-18(11-14)10-13-7-6-12(2)9-15(13)17/h6-7,9,14H,3-5,8,10-11H2,1-2H3. The van der Waals surface area contributed by atoms with Crippen molar-refractivity contribution in [3.8, 4) is 0 Å². The van der Waals surface area contributed by atoms with Crippen LogP contribution in [0.1, 0.15) is 30.9 Å². The third-order valence-corrected chi connectivity index (χ3v) is 4.08. The summed E-state index contributed by atoms with van der Waals surface area (Å²) >= 11 is 6.28. The molecule has 20 heavy (non-hydrogen) atoms.